The molecule has 1 saturated heterocycles. The number of methoxy groups -OCH3 is 1. The molecule has 1 aromatic carbocycles. The SMILES string of the molecule is CO[C@@H]1CCN2C[C@@H]1CCCCN(Cc1cccc(C)n1)CCOc1cccc(c1)C2=O. The number of amides is 1. The lowest BCUT2D eigenvalue weighted by molar-refractivity contribution is -0.00676. The van der Waals surface area contributed by atoms with Crippen molar-refractivity contribution < 1.29 is 14.3 Å². The topological polar surface area (TPSA) is 54.9 Å². The second kappa shape index (κ2) is 10.9. The first kappa shape index (κ1) is 22.7. The van der Waals surface area contributed by atoms with Crippen molar-refractivity contribution in [3.63, 3.8) is 0 Å². The number of fused-ring (bicyclic) bond motifs is 4. The van der Waals surface area contributed by atoms with Crippen LogP contribution >= 0.6 is 0 Å². The quantitative estimate of drug-likeness (QED) is 0.728. The van der Waals surface area contributed by atoms with Crippen LogP contribution in [-0.4, -0.2) is 66.7 Å². The molecule has 3 heterocycles. The van der Waals surface area contributed by atoms with Crippen LogP contribution in [0.1, 0.15) is 47.4 Å². The van der Waals surface area contributed by atoms with Crippen molar-refractivity contribution in [2.75, 3.05) is 39.9 Å². The Labute approximate surface area is 191 Å². The van der Waals surface area contributed by atoms with Gasteiger partial charge in [0.2, 0.25) is 0 Å². The van der Waals surface area contributed by atoms with Gasteiger partial charge in [0.1, 0.15) is 12.4 Å². The second-order valence-electron chi connectivity index (χ2n) is 8.99. The number of carbonyl (C=O) groups excluding carboxylic acids is 1. The van der Waals surface area contributed by atoms with Gasteiger partial charge in [-0.25, -0.2) is 0 Å². The average molecular weight is 438 g/mol. The summed E-state index contributed by atoms with van der Waals surface area (Å²) in [6, 6.07) is 13.8. The summed E-state index contributed by atoms with van der Waals surface area (Å²) in [5.41, 5.74) is 2.84. The fourth-order valence-electron chi connectivity index (χ4n) is 4.91. The number of piperidine rings is 1. The van der Waals surface area contributed by atoms with Crippen LogP contribution in [0.2, 0.25) is 0 Å². The van der Waals surface area contributed by atoms with Gasteiger partial charge < -0.3 is 14.4 Å². The molecule has 1 aromatic heterocycles. The molecule has 0 radical (unpaired) electrons. The Bertz CT molecular complexity index is 903. The van der Waals surface area contributed by atoms with Gasteiger partial charge in [0.05, 0.1) is 11.8 Å². The van der Waals surface area contributed by atoms with E-state index in [1.165, 1.54) is 0 Å². The first-order valence-corrected chi connectivity index (χ1v) is 11.8. The molecule has 2 aliphatic heterocycles. The van der Waals surface area contributed by atoms with Gasteiger partial charge in [0, 0.05) is 50.5 Å². The molecule has 4 bridgehead atoms. The first-order chi connectivity index (χ1) is 15.6. The fourth-order valence-corrected chi connectivity index (χ4v) is 4.91. The molecular weight excluding hydrogens is 402 g/mol. The predicted octanol–water partition coefficient (Wildman–Crippen LogP) is 3.93. The number of benzene rings is 1. The summed E-state index contributed by atoms with van der Waals surface area (Å²) >= 11 is 0. The van der Waals surface area contributed by atoms with Gasteiger partial charge in [-0.15, -0.1) is 0 Å². The molecule has 0 saturated carbocycles. The van der Waals surface area contributed by atoms with Crippen molar-refractivity contribution in [1.82, 2.24) is 14.8 Å². The van der Waals surface area contributed by atoms with Crippen LogP contribution in [0.3, 0.4) is 0 Å². The third kappa shape index (κ3) is 5.87. The molecule has 0 spiro atoms. The summed E-state index contributed by atoms with van der Waals surface area (Å²) in [5, 5.41) is 0. The van der Waals surface area contributed by atoms with Crippen molar-refractivity contribution in [3.8, 4) is 5.75 Å². The predicted molar refractivity (Wildman–Crippen MR) is 125 cm³/mol. The molecule has 6 heteroatoms. The number of nitrogens with zero attached hydrogens (tertiary/aromatic N) is 3. The first-order valence-electron chi connectivity index (χ1n) is 11.8. The minimum atomic E-state index is 0.0945. The van der Waals surface area contributed by atoms with Crippen molar-refractivity contribution in [3.05, 3.63) is 59.4 Å². The highest BCUT2D eigenvalue weighted by atomic mass is 16.5. The van der Waals surface area contributed by atoms with Crippen LogP contribution in [-0.2, 0) is 11.3 Å². The summed E-state index contributed by atoms with van der Waals surface area (Å²) < 4.78 is 11.8. The summed E-state index contributed by atoms with van der Waals surface area (Å²) in [4.78, 5) is 22.3. The third-order valence-electron chi connectivity index (χ3n) is 6.64. The lowest BCUT2D eigenvalue weighted by Crippen LogP contribution is -2.46. The van der Waals surface area contributed by atoms with E-state index in [-0.39, 0.29) is 12.0 Å². The summed E-state index contributed by atoms with van der Waals surface area (Å²) in [5.74, 6) is 1.23. The minimum absolute atomic E-state index is 0.0945. The van der Waals surface area contributed by atoms with E-state index in [0.717, 1.165) is 75.5 Å². The van der Waals surface area contributed by atoms with Crippen molar-refractivity contribution in [1.29, 1.82) is 0 Å². The van der Waals surface area contributed by atoms with E-state index in [4.69, 9.17) is 9.47 Å². The minimum Gasteiger partial charge on any atom is -0.492 e. The highest BCUT2D eigenvalue weighted by Crippen LogP contribution is 2.27. The normalized spacial score (nSPS) is 23.2. The number of aryl methyl sites for hydroxylation is 1. The van der Waals surface area contributed by atoms with Gasteiger partial charge in [-0.2, -0.15) is 0 Å². The maximum atomic E-state index is 13.1. The molecule has 2 aromatic rings. The Hall–Kier alpha value is -2.44. The van der Waals surface area contributed by atoms with E-state index in [9.17, 15) is 4.79 Å². The van der Waals surface area contributed by atoms with E-state index in [1.807, 2.05) is 42.2 Å². The van der Waals surface area contributed by atoms with Crippen molar-refractivity contribution in [2.45, 2.75) is 45.3 Å². The van der Waals surface area contributed by atoms with Crippen molar-refractivity contribution >= 4 is 5.91 Å². The number of pyridine rings is 1. The van der Waals surface area contributed by atoms with Crippen LogP contribution in [0, 0.1) is 12.8 Å². The van der Waals surface area contributed by atoms with E-state index in [0.29, 0.717) is 18.1 Å². The Balaban J connectivity index is 1.50. The van der Waals surface area contributed by atoms with Gasteiger partial charge in [0.25, 0.3) is 5.91 Å². The molecule has 172 valence electrons. The van der Waals surface area contributed by atoms with Crippen molar-refractivity contribution in [2.24, 2.45) is 5.92 Å². The fraction of sp³-hybridized carbons (Fsp3) is 0.538. The Morgan fingerprint density at radius 3 is 2.81 bits per heavy atom. The van der Waals surface area contributed by atoms with Gasteiger partial charge in [-0.1, -0.05) is 18.6 Å². The standard InChI is InChI=1S/C26H35N3O3/c1-20-7-5-10-23(27-20)19-28-13-4-3-8-22-18-29(14-12-25(22)31-2)26(30)21-9-6-11-24(17-21)32-16-15-28/h5-7,9-11,17,22,25H,3-4,8,12-16,18-19H2,1-2H3/t22-,25+/m0/s1. The average Bonchev–Trinajstić information content (AvgIpc) is 2.81. The maximum absolute atomic E-state index is 13.1. The van der Waals surface area contributed by atoms with Gasteiger partial charge in [-0.3, -0.25) is 14.7 Å². The van der Waals surface area contributed by atoms with Crippen LogP contribution in [0.4, 0.5) is 0 Å². The molecule has 6 nitrogen and oxygen atoms in total. The third-order valence-corrected chi connectivity index (χ3v) is 6.64. The highest BCUT2D eigenvalue weighted by Gasteiger charge is 2.31. The molecule has 2 atom stereocenters. The zero-order valence-corrected chi connectivity index (χ0v) is 19.3. The number of rotatable bonds is 3. The van der Waals surface area contributed by atoms with Gasteiger partial charge in [-0.05, 0) is 63.1 Å². The molecule has 1 amide bonds. The Kier molecular flexibility index (Phi) is 7.76. The van der Waals surface area contributed by atoms with E-state index < -0.39 is 0 Å². The van der Waals surface area contributed by atoms with Crippen LogP contribution < -0.4 is 4.74 Å². The zero-order valence-electron chi connectivity index (χ0n) is 19.3. The number of hydrogen-bond donors (Lipinski definition) is 0. The number of aromatic nitrogens is 1. The summed E-state index contributed by atoms with van der Waals surface area (Å²) in [6.45, 7) is 6.78. The summed E-state index contributed by atoms with van der Waals surface area (Å²) in [6.07, 6.45) is 4.44. The Morgan fingerprint density at radius 2 is 1.97 bits per heavy atom. The van der Waals surface area contributed by atoms with Gasteiger partial charge in [0.15, 0.2) is 0 Å². The lowest BCUT2D eigenvalue weighted by Gasteiger charge is -2.38. The van der Waals surface area contributed by atoms with Crippen LogP contribution in [0.15, 0.2) is 42.5 Å². The number of carbonyl (C=O) groups is 1. The maximum Gasteiger partial charge on any atom is 0.254 e. The molecule has 0 N–H and O–H groups in total. The molecular formula is C26H35N3O3. The van der Waals surface area contributed by atoms with Gasteiger partial charge >= 0.3 is 0 Å². The van der Waals surface area contributed by atoms with Crippen LogP contribution in [0.5, 0.6) is 5.75 Å². The molecule has 0 unspecified atom stereocenters. The van der Waals surface area contributed by atoms with Crippen LogP contribution in [0.25, 0.3) is 0 Å². The van der Waals surface area contributed by atoms with E-state index in [2.05, 4.69) is 22.0 Å². The largest absolute Gasteiger partial charge is 0.492 e. The summed E-state index contributed by atoms with van der Waals surface area (Å²) in [7, 11) is 1.80. The molecule has 0 aliphatic carbocycles. The molecule has 2 aliphatic rings. The number of hydrogen-bond acceptors (Lipinski definition) is 5. The monoisotopic (exact) mass is 437 g/mol. The highest BCUT2D eigenvalue weighted by molar-refractivity contribution is 5.94. The number of ether oxygens (including phenoxy) is 2. The molecule has 1 fully saturated rings. The molecule has 32 heavy (non-hydrogen) atoms. The second-order valence-corrected chi connectivity index (χ2v) is 8.99. The van der Waals surface area contributed by atoms with E-state index >= 15 is 0 Å². The molecule has 4 rings (SSSR count). The zero-order chi connectivity index (χ0) is 22.3. The van der Waals surface area contributed by atoms with E-state index in [1.54, 1.807) is 7.11 Å². The smallest absolute Gasteiger partial charge is 0.254 e. The lowest BCUT2D eigenvalue weighted by atomic mass is 9.89. The Morgan fingerprint density at radius 1 is 1.09 bits per heavy atom.